The van der Waals surface area contributed by atoms with Gasteiger partial charge in [-0.2, -0.15) is 5.10 Å². The zero-order valence-electron chi connectivity index (χ0n) is 13.6. The molecule has 0 bridgehead atoms. The minimum atomic E-state index is 0.00713. The number of rotatable bonds is 3. The molecule has 0 unspecified atom stereocenters. The standard InChI is InChI=1S/C17H22BrN3O2/c1-12-16(18)13(2)21(19-12)11-14-7-8-15(23-14)17(22)20-9-5-3-4-6-10-20/h7-8H,3-6,9-11H2,1-2H3. The molecule has 3 rings (SSSR count). The Morgan fingerprint density at radius 2 is 1.91 bits per heavy atom. The summed E-state index contributed by atoms with van der Waals surface area (Å²) >= 11 is 3.53. The lowest BCUT2D eigenvalue weighted by Gasteiger charge is -2.18. The van der Waals surface area contributed by atoms with E-state index >= 15 is 0 Å². The van der Waals surface area contributed by atoms with E-state index in [1.54, 1.807) is 6.07 Å². The molecular weight excluding hydrogens is 358 g/mol. The van der Waals surface area contributed by atoms with Crippen LogP contribution in [0.15, 0.2) is 21.0 Å². The van der Waals surface area contributed by atoms with Gasteiger partial charge in [-0.3, -0.25) is 9.48 Å². The van der Waals surface area contributed by atoms with Crippen molar-refractivity contribution in [1.29, 1.82) is 0 Å². The number of amides is 1. The minimum absolute atomic E-state index is 0.00713. The number of hydrogen-bond acceptors (Lipinski definition) is 3. The highest BCUT2D eigenvalue weighted by atomic mass is 79.9. The fourth-order valence-corrected chi connectivity index (χ4v) is 3.27. The Balaban J connectivity index is 1.72. The van der Waals surface area contributed by atoms with Crippen LogP contribution in [0.25, 0.3) is 0 Å². The molecule has 1 amide bonds. The number of hydrogen-bond donors (Lipinski definition) is 0. The number of carbonyl (C=O) groups excluding carboxylic acids is 1. The molecule has 1 aliphatic heterocycles. The van der Waals surface area contributed by atoms with Gasteiger partial charge in [0.05, 0.1) is 22.4 Å². The first-order valence-electron chi connectivity index (χ1n) is 8.14. The summed E-state index contributed by atoms with van der Waals surface area (Å²) in [7, 11) is 0. The van der Waals surface area contributed by atoms with Crippen molar-refractivity contribution in [2.75, 3.05) is 13.1 Å². The second-order valence-electron chi connectivity index (χ2n) is 6.11. The van der Waals surface area contributed by atoms with E-state index in [1.165, 1.54) is 12.8 Å². The minimum Gasteiger partial charge on any atom is -0.454 e. The molecular formula is C17H22BrN3O2. The van der Waals surface area contributed by atoms with Crippen LogP contribution >= 0.6 is 15.9 Å². The third kappa shape index (κ3) is 3.52. The maximum atomic E-state index is 12.5. The summed E-state index contributed by atoms with van der Waals surface area (Å²) in [6, 6.07) is 3.65. The maximum Gasteiger partial charge on any atom is 0.289 e. The normalized spacial score (nSPS) is 15.7. The lowest BCUT2D eigenvalue weighted by Crippen LogP contribution is -2.31. The highest BCUT2D eigenvalue weighted by molar-refractivity contribution is 9.10. The summed E-state index contributed by atoms with van der Waals surface area (Å²) in [6.07, 6.45) is 4.58. The predicted octanol–water partition coefficient (Wildman–Crippen LogP) is 3.92. The van der Waals surface area contributed by atoms with Gasteiger partial charge in [0, 0.05) is 13.1 Å². The SMILES string of the molecule is Cc1nn(Cc2ccc(C(=O)N3CCCCCC3)o2)c(C)c1Br. The first-order chi connectivity index (χ1) is 11.1. The van der Waals surface area contributed by atoms with Crippen LogP contribution in [0.1, 0.15) is 53.4 Å². The summed E-state index contributed by atoms with van der Waals surface area (Å²) in [6.45, 7) is 6.17. The Kier molecular flexibility index (Phi) is 4.90. The van der Waals surface area contributed by atoms with E-state index in [1.807, 2.05) is 29.5 Å². The molecule has 1 saturated heterocycles. The molecule has 124 valence electrons. The molecule has 0 N–H and O–H groups in total. The number of carbonyl (C=O) groups is 1. The van der Waals surface area contributed by atoms with Gasteiger partial charge < -0.3 is 9.32 Å². The van der Waals surface area contributed by atoms with E-state index in [9.17, 15) is 4.79 Å². The lowest BCUT2D eigenvalue weighted by atomic mass is 10.2. The monoisotopic (exact) mass is 379 g/mol. The molecule has 0 spiro atoms. The zero-order valence-corrected chi connectivity index (χ0v) is 15.2. The van der Waals surface area contributed by atoms with Crippen molar-refractivity contribution in [2.45, 2.75) is 46.1 Å². The quantitative estimate of drug-likeness (QED) is 0.811. The van der Waals surface area contributed by atoms with E-state index in [2.05, 4.69) is 21.0 Å². The molecule has 0 aromatic carbocycles. The summed E-state index contributed by atoms with van der Waals surface area (Å²) in [5.41, 5.74) is 2.01. The van der Waals surface area contributed by atoms with E-state index in [0.29, 0.717) is 12.3 Å². The third-order valence-electron chi connectivity index (χ3n) is 4.36. The van der Waals surface area contributed by atoms with E-state index in [-0.39, 0.29) is 5.91 Å². The van der Waals surface area contributed by atoms with Gasteiger partial charge in [-0.1, -0.05) is 12.8 Å². The van der Waals surface area contributed by atoms with Crippen LogP contribution in [0.5, 0.6) is 0 Å². The Morgan fingerprint density at radius 3 is 2.52 bits per heavy atom. The Morgan fingerprint density at radius 1 is 1.22 bits per heavy atom. The van der Waals surface area contributed by atoms with Crippen molar-refractivity contribution in [2.24, 2.45) is 0 Å². The molecule has 0 aliphatic carbocycles. The van der Waals surface area contributed by atoms with Crippen LogP contribution in [0, 0.1) is 13.8 Å². The Labute approximate surface area is 144 Å². The summed E-state index contributed by atoms with van der Waals surface area (Å²) in [5, 5.41) is 4.48. The molecule has 0 atom stereocenters. The average molecular weight is 380 g/mol. The van der Waals surface area contributed by atoms with Crippen molar-refractivity contribution >= 4 is 21.8 Å². The second kappa shape index (κ2) is 6.91. The molecule has 2 aromatic heterocycles. The van der Waals surface area contributed by atoms with Crippen LogP contribution in [0.4, 0.5) is 0 Å². The summed E-state index contributed by atoms with van der Waals surface area (Å²) < 4.78 is 8.69. The number of furan rings is 1. The van der Waals surface area contributed by atoms with Crippen LogP contribution in [0.2, 0.25) is 0 Å². The van der Waals surface area contributed by atoms with Crippen molar-refractivity contribution in [3.8, 4) is 0 Å². The van der Waals surface area contributed by atoms with Gasteiger partial charge in [-0.25, -0.2) is 0 Å². The zero-order chi connectivity index (χ0) is 16.4. The smallest absolute Gasteiger partial charge is 0.289 e. The van der Waals surface area contributed by atoms with Gasteiger partial charge in [0.15, 0.2) is 5.76 Å². The maximum absolute atomic E-state index is 12.5. The molecule has 5 nitrogen and oxygen atoms in total. The van der Waals surface area contributed by atoms with Crippen LogP contribution in [-0.4, -0.2) is 33.7 Å². The van der Waals surface area contributed by atoms with Crippen LogP contribution in [-0.2, 0) is 6.54 Å². The Bertz CT molecular complexity index is 697. The van der Waals surface area contributed by atoms with Gasteiger partial charge in [0.2, 0.25) is 0 Å². The highest BCUT2D eigenvalue weighted by Gasteiger charge is 2.20. The number of aromatic nitrogens is 2. The number of halogens is 1. The molecule has 2 aromatic rings. The lowest BCUT2D eigenvalue weighted by molar-refractivity contribution is 0.0727. The molecule has 6 heteroatoms. The van der Waals surface area contributed by atoms with Gasteiger partial charge in [-0.15, -0.1) is 0 Å². The van der Waals surface area contributed by atoms with Gasteiger partial charge in [0.25, 0.3) is 5.91 Å². The van der Waals surface area contributed by atoms with Gasteiger partial charge in [-0.05, 0) is 54.8 Å². The van der Waals surface area contributed by atoms with E-state index in [0.717, 1.165) is 47.6 Å². The van der Waals surface area contributed by atoms with Gasteiger partial charge >= 0.3 is 0 Å². The Hall–Kier alpha value is -1.56. The fourth-order valence-electron chi connectivity index (χ4n) is 2.98. The predicted molar refractivity (Wildman–Crippen MR) is 91.6 cm³/mol. The number of nitrogens with zero attached hydrogens (tertiary/aromatic N) is 3. The molecule has 1 fully saturated rings. The molecule has 3 heterocycles. The first-order valence-corrected chi connectivity index (χ1v) is 8.93. The van der Waals surface area contributed by atoms with E-state index in [4.69, 9.17) is 4.42 Å². The first kappa shape index (κ1) is 16.3. The summed E-state index contributed by atoms with van der Waals surface area (Å²) in [5.74, 6) is 1.19. The van der Waals surface area contributed by atoms with Crippen molar-refractivity contribution in [3.05, 3.63) is 39.5 Å². The van der Waals surface area contributed by atoms with Crippen LogP contribution in [0.3, 0.4) is 0 Å². The number of likely N-dealkylation sites (tertiary alicyclic amines) is 1. The van der Waals surface area contributed by atoms with Gasteiger partial charge in [0.1, 0.15) is 5.76 Å². The van der Waals surface area contributed by atoms with Crippen LogP contribution < -0.4 is 0 Å². The van der Waals surface area contributed by atoms with E-state index < -0.39 is 0 Å². The topological polar surface area (TPSA) is 51.3 Å². The largest absolute Gasteiger partial charge is 0.454 e. The number of aryl methyl sites for hydroxylation is 1. The molecule has 0 radical (unpaired) electrons. The molecule has 0 saturated carbocycles. The van der Waals surface area contributed by atoms with Crippen molar-refractivity contribution < 1.29 is 9.21 Å². The summed E-state index contributed by atoms with van der Waals surface area (Å²) in [4.78, 5) is 14.5. The molecule has 1 aliphatic rings. The van der Waals surface area contributed by atoms with Crippen molar-refractivity contribution in [3.63, 3.8) is 0 Å². The highest BCUT2D eigenvalue weighted by Crippen LogP contribution is 2.21. The third-order valence-corrected chi connectivity index (χ3v) is 5.51. The van der Waals surface area contributed by atoms with Crippen molar-refractivity contribution in [1.82, 2.24) is 14.7 Å². The fraction of sp³-hybridized carbons (Fsp3) is 0.529. The average Bonchev–Trinajstić information content (AvgIpc) is 2.96. The second-order valence-corrected chi connectivity index (χ2v) is 6.91. The molecule has 23 heavy (non-hydrogen) atoms.